The van der Waals surface area contributed by atoms with Gasteiger partial charge >= 0.3 is 0 Å². The largest absolute Gasteiger partial charge is 0.392 e. The molecule has 0 amide bonds. The smallest absolute Gasteiger partial charge is 0.248 e. The van der Waals surface area contributed by atoms with E-state index in [0.29, 0.717) is 12.8 Å². The average Bonchev–Trinajstić information content (AvgIpc) is 2.86. The van der Waals surface area contributed by atoms with Gasteiger partial charge in [-0.25, -0.2) is 13.8 Å². The minimum Gasteiger partial charge on any atom is -0.392 e. The third kappa shape index (κ3) is 3.07. The maximum atomic E-state index is 13.1. The predicted octanol–water partition coefficient (Wildman–Crippen LogP) is 2.63. The van der Waals surface area contributed by atoms with Crippen LogP contribution < -0.4 is 0 Å². The van der Waals surface area contributed by atoms with Crippen LogP contribution in [0.5, 0.6) is 0 Å². The summed E-state index contributed by atoms with van der Waals surface area (Å²) in [6.45, 7) is 2.92. The fourth-order valence-electron chi connectivity index (χ4n) is 2.64. The lowest BCUT2D eigenvalue weighted by atomic mass is 9.98. The molecule has 0 spiro atoms. The summed E-state index contributed by atoms with van der Waals surface area (Å²) in [6.07, 6.45) is 4.32. The summed E-state index contributed by atoms with van der Waals surface area (Å²) < 4.78 is 28.2. The Morgan fingerprint density at radius 2 is 2.39 bits per heavy atom. The monoisotopic (exact) mass is 258 g/mol. The van der Waals surface area contributed by atoms with Crippen molar-refractivity contribution < 1.29 is 13.9 Å². The first-order valence-electron chi connectivity index (χ1n) is 6.58. The lowest BCUT2D eigenvalue weighted by Gasteiger charge is -2.18. The molecule has 102 valence electrons. The highest BCUT2D eigenvalue weighted by molar-refractivity contribution is 4.97. The summed E-state index contributed by atoms with van der Waals surface area (Å²) in [5.74, 6) is -2.10. The van der Waals surface area contributed by atoms with Crippen molar-refractivity contribution in [1.82, 2.24) is 9.55 Å². The van der Waals surface area contributed by atoms with Crippen molar-refractivity contribution in [1.29, 1.82) is 0 Å². The van der Waals surface area contributed by atoms with E-state index in [1.54, 1.807) is 6.20 Å². The molecule has 1 aliphatic rings. The van der Waals surface area contributed by atoms with Gasteiger partial charge in [-0.1, -0.05) is 6.92 Å². The Morgan fingerprint density at radius 1 is 1.61 bits per heavy atom. The lowest BCUT2D eigenvalue weighted by Crippen LogP contribution is -2.24. The molecule has 1 N–H and O–H groups in total. The van der Waals surface area contributed by atoms with Gasteiger partial charge in [-0.15, -0.1) is 0 Å². The number of aliphatic hydroxyl groups is 1. The van der Waals surface area contributed by atoms with Gasteiger partial charge in [0.05, 0.1) is 6.10 Å². The van der Waals surface area contributed by atoms with Gasteiger partial charge in [0.25, 0.3) is 0 Å². The predicted molar refractivity (Wildman–Crippen MR) is 64.5 cm³/mol. The van der Waals surface area contributed by atoms with E-state index in [1.165, 1.54) is 0 Å². The second-order valence-corrected chi connectivity index (χ2v) is 5.17. The van der Waals surface area contributed by atoms with E-state index in [-0.39, 0.29) is 18.8 Å². The molecule has 2 atom stereocenters. The van der Waals surface area contributed by atoms with E-state index in [0.717, 1.165) is 18.8 Å². The number of hydrogen-bond donors (Lipinski definition) is 1. The highest BCUT2D eigenvalue weighted by Crippen LogP contribution is 2.40. The summed E-state index contributed by atoms with van der Waals surface area (Å²) in [5.41, 5.74) is 0. The molecule has 1 aromatic heterocycles. The fourth-order valence-corrected chi connectivity index (χ4v) is 2.64. The van der Waals surface area contributed by atoms with Crippen LogP contribution in [0.15, 0.2) is 12.4 Å². The van der Waals surface area contributed by atoms with Gasteiger partial charge in [-0.3, -0.25) is 0 Å². The van der Waals surface area contributed by atoms with Crippen LogP contribution in [0.4, 0.5) is 8.78 Å². The molecule has 18 heavy (non-hydrogen) atoms. The SMILES string of the molecule is CCCn1ccnc1CC(O)C1CCC(F)(F)C1. The third-order valence-corrected chi connectivity index (χ3v) is 3.64. The Bertz CT molecular complexity index is 392. The normalized spacial score (nSPS) is 24.3. The molecule has 0 aliphatic heterocycles. The topological polar surface area (TPSA) is 38.0 Å². The van der Waals surface area contributed by atoms with Crippen LogP contribution >= 0.6 is 0 Å². The van der Waals surface area contributed by atoms with Crippen molar-refractivity contribution in [2.75, 3.05) is 0 Å². The number of imidazole rings is 1. The van der Waals surface area contributed by atoms with Crippen molar-refractivity contribution in [3.63, 3.8) is 0 Å². The molecule has 1 aromatic rings. The van der Waals surface area contributed by atoms with Crippen LogP contribution in [0.1, 0.15) is 38.4 Å². The summed E-state index contributed by atoms with van der Waals surface area (Å²) in [5, 5.41) is 10.1. The first-order chi connectivity index (χ1) is 8.52. The Labute approximate surface area is 106 Å². The van der Waals surface area contributed by atoms with Gasteiger partial charge < -0.3 is 9.67 Å². The van der Waals surface area contributed by atoms with Crippen LogP contribution in [0, 0.1) is 5.92 Å². The first kappa shape index (κ1) is 13.5. The van der Waals surface area contributed by atoms with E-state index in [1.807, 2.05) is 10.8 Å². The molecule has 0 radical (unpaired) electrons. The molecule has 1 fully saturated rings. The zero-order chi connectivity index (χ0) is 13.2. The fraction of sp³-hybridized carbons (Fsp3) is 0.769. The third-order valence-electron chi connectivity index (χ3n) is 3.64. The van der Waals surface area contributed by atoms with Gasteiger partial charge in [-0.2, -0.15) is 0 Å². The van der Waals surface area contributed by atoms with Crippen LogP contribution in [0.3, 0.4) is 0 Å². The highest BCUT2D eigenvalue weighted by Gasteiger charge is 2.42. The molecular formula is C13H20F2N2O. The molecule has 1 saturated carbocycles. The van der Waals surface area contributed by atoms with Crippen molar-refractivity contribution in [3.8, 4) is 0 Å². The summed E-state index contributed by atoms with van der Waals surface area (Å²) >= 11 is 0. The first-order valence-corrected chi connectivity index (χ1v) is 6.58. The molecule has 3 nitrogen and oxygen atoms in total. The minimum atomic E-state index is -2.59. The molecule has 5 heteroatoms. The van der Waals surface area contributed by atoms with Crippen molar-refractivity contribution in [2.45, 2.75) is 57.6 Å². The van der Waals surface area contributed by atoms with Gasteiger partial charge in [-0.05, 0) is 18.8 Å². The lowest BCUT2D eigenvalue weighted by molar-refractivity contribution is -0.00504. The van der Waals surface area contributed by atoms with Crippen LogP contribution in [-0.2, 0) is 13.0 Å². The van der Waals surface area contributed by atoms with Crippen molar-refractivity contribution in [3.05, 3.63) is 18.2 Å². The number of halogens is 2. The van der Waals surface area contributed by atoms with Crippen LogP contribution in [-0.4, -0.2) is 26.7 Å². The number of aromatic nitrogens is 2. The Kier molecular flexibility index (Phi) is 4.00. The van der Waals surface area contributed by atoms with E-state index < -0.39 is 12.0 Å². The van der Waals surface area contributed by atoms with E-state index in [9.17, 15) is 13.9 Å². The molecular weight excluding hydrogens is 238 g/mol. The number of alkyl halides is 2. The van der Waals surface area contributed by atoms with Gasteiger partial charge in [0.2, 0.25) is 5.92 Å². The zero-order valence-electron chi connectivity index (χ0n) is 10.6. The van der Waals surface area contributed by atoms with E-state index in [2.05, 4.69) is 11.9 Å². The Morgan fingerprint density at radius 3 is 3.00 bits per heavy atom. The van der Waals surface area contributed by atoms with E-state index in [4.69, 9.17) is 0 Å². The van der Waals surface area contributed by atoms with Crippen molar-refractivity contribution >= 4 is 0 Å². The molecule has 0 aromatic carbocycles. The number of aliphatic hydroxyl groups excluding tert-OH is 1. The molecule has 0 saturated heterocycles. The Balaban J connectivity index is 1.95. The van der Waals surface area contributed by atoms with Crippen LogP contribution in [0.2, 0.25) is 0 Å². The average molecular weight is 258 g/mol. The standard InChI is InChI=1S/C13H20F2N2O/c1-2-6-17-7-5-16-12(17)8-11(18)10-3-4-13(14,15)9-10/h5,7,10-11,18H,2-4,6,8-9H2,1H3. The van der Waals surface area contributed by atoms with E-state index >= 15 is 0 Å². The van der Waals surface area contributed by atoms with Crippen LogP contribution in [0.25, 0.3) is 0 Å². The molecule has 2 unspecified atom stereocenters. The van der Waals surface area contributed by atoms with Gasteiger partial charge in [0.15, 0.2) is 0 Å². The molecule has 1 heterocycles. The van der Waals surface area contributed by atoms with Crippen molar-refractivity contribution in [2.24, 2.45) is 5.92 Å². The summed E-state index contributed by atoms with van der Waals surface area (Å²) in [4.78, 5) is 4.20. The second kappa shape index (κ2) is 5.34. The summed E-state index contributed by atoms with van der Waals surface area (Å²) in [7, 11) is 0. The maximum absolute atomic E-state index is 13.1. The van der Waals surface area contributed by atoms with Gasteiger partial charge in [0.1, 0.15) is 5.82 Å². The highest BCUT2D eigenvalue weighted by atomic mass is 19.3. The second-order valence-electron chi connectivity index (χ2n) is 5.17. The molecule has 0 bridgehead atoms. The van der Waals surface area contributed by atoms with Gasteiger partial charge in [0, 0.05) is 38.2 Å². The number of aryl methyl sites for hydroxylation is 1. The summed E-state index contributed by atoms with van der Waals surface area (Å²) in [6, 6.07) is 0. The minimum absolute atomic E-state index is 0.0991. The Hall–Kier alpha value is -0.970. The quantitative estimate of drug-likeness (QED) is 0.881. The maximum Gasteiger partial charge on any atom is 0.248 e. The number of nitrogens with zero attached hydrogens (tertiary/aromatic N) is 2. The molecule has 1 aliphatic carbocycles. The number of hydrogen-bond acceptors (Lipinski definition) is 2. The zero-order valence-corrected chi connectivity index (χ0v) is 10.6. The molecule has 2 rings (SSSR count). The number of rotatable bonds is 5.